The van der Waals surface area contributed by atoms with E-state index in [4.69, 9.17) is 0 Å². The van der Waals surface area contributed by atoms with Crippen molar-refractivity contribution in [3.63, 3.8) is 0 Å². The summed E-state index contributed by atoms with van der Waals surface area (Å²) in [5, 5.41) is 0. The number of allylic oxidation sites excluding steroid dienone is 1. The molecule has 0 aliphatic carbocycles. The van der Waals surface area contributed by atoms with E-state index in [-0.39, 0.29) is 0 Å². The van der Waals surface area contributed by atoms with Gasteiger partial charge in [0.25, 0.3) is 0 Å². The first-order valence-corrected chi connectivity index (χ1v) is 4.32. The second kappa shape index (κ2) is 3.10. The number of aldehydes is 1. The molecule has 1 aromatic heterocycles. The molecule has 0 aliphatic rings. The molecule has 70 valence electrons. The molecule has 0 amide bonds. The molecular formula is C11H10N2O. The van der Waals surface area contributed by atoms with E-state index in [2.05, 4.69) is 11.6 Å². The lowest BCUT2D eigenvalue weighted by Gasteiger charge is -2.03. The highest BCUT2D eigenvalue weighted by Gasteiger charge is 2.08. The smallest absolute Gasteiger partial charge is 0.185 e. The number of rotatable bonds is 2. The van der Waals surface area contributed by atoms with E-state index < -0.39 is 0 Å². The van der Waals surface area contributed by atoms with Crippen LogP contribution >= 0.6 is 0 Å². The third kappa shape index (κ3) is 1.14. The van der Waals surface area contributed by atoms with E-state index in [0.29, 0.717) is 5.82 Å². The number of imidazole rings is 1. The average Bonchev–Trinajstić information content (AvgIpc) is 2.55. The van der Waals surface area contributed by atoms with Crippen LogP contribution in [0, 0.1) is 0 Å². The SMILES string of the molecule is C=C(C)n1c(C=O)nc2ccccc21. The van der Waals surface area contributed by atoms with Crippen molar-refractivity contribution in [3.05, 3.63) is 36.7 Å². The first-order valence-electron chi connectivity index (χ1n) is 4.32. The van der Waals surface area contributed by atoms with Gasteiger partial charge in [-0.15, -0.1) is 0 Å². The molecule has 0 aliphatic heterocycles. The van der Waals surface area contributed by atoms with E-state index >= 15 is 0 Å². The molecular weight excluding hydrogens is 176 g/mol. The van der Waals surface area contributed by atoms with Crippen molar-refractivity contribution in [2.24, 2.45) is 0 Å². The Labute approximate surface area is 81.7 Å². The molecule has 2 aromatic rings. The monoisotopic (exact) mass is 186 g/mol. The number of carbonyl (C=O) groups is 1. The average molecular weight is 186 g/mol. The van der Waals surface area contributed by atoms with Gasteiger partial charge in [0, 0.05) is 5.70 Å². The molecule has 0 saturated carbocycles. The lowest BCUT2D eigenvalue weighted by molar-refractivity contribution is 0.111. The van der Waals surface area contributed by atoms with Crippen molar-refractivity contribution in [1.29, 1.82) is 0 Å². The van der Waals surface area contributed by atoms with Crippen LogP contribution in [0.2, 0.25) is 0 Å². The third-order valence-corrected chi connectivity index (χ3v) is 2.07. The maximum Gasteiger partial charge on any atom is 0.185 e. The number of fused-ring (bicyclic) bond motifs is 1. The fraction of sp³-hybridized carbons (Fsp3) is 0.0909. The second-order valence-electron chi connectivity index (χ2n) is 3.15. The zero-order valence-corrected chi connectivity index (χ0v) is 7.90. The number of benzene rings is 1. The summed E-state index contributed by atoms with van der Waals surface area (Å²) in [4.78, 5) is 15.0. The zero-order valence-electron chi connectivity index (χ0n) is 7.90. The van der Waals surface area contributed by atoms with Crippen molar-refractivity contribution in [2.75, 3.05) is 0 Å². The van der Waals surface area contributed by atoms with Crippen LogP contribution in [0.1, 0.15) is 17.5 Å². The van der Waals surface area contributed by atoms with Gasteiger partial charge in [0.2, 0.25) is 0 Å². The van der Waals surface area contributed by atoms with Crippen LogP contribution in [0.5, 0.6) is 0 Å². The van der Waals surface area contributed by atoms with Crippen molar-refractivity contribution in [2.45, 2.75) is 6.92 Å². The van der Waals surface area contributed by atoms with E-state index in [1.165, 1.54) is 0 Å². The zero-order chi connectivity index (χ0) is 10.1. The Morgan fingerprint density at radius 3 is 2.86 bits per heavy atom. The number of nitrogens with zero attached hydrogens (tertiary/aromatic N) is 2. The summed E-state index contributed by atoms with van der Waals surface area (Å²) in [6, 6.07) is 7.61. The minimum Gasteiger partial charge on any atom is -0.295 e. The van der Waals surface area contributed by atoms with Gasteiger partial charge < -0.3 is 0 Å². The molecule has 1 aromatic carbocycles. The van der Waals surface area contributed by atoms with Gasteiger partial charge in [-0.05, 0) is 19.1 Å². The summed E-state index contributed by atoms with van der Waals surface area (Å²) in [5.74, 6) is 0.402. The molecule has 0 unspecified atom stereocenters. The first-order chi connectivity index (χ1) is 6.74. The Morgan fingerprint density at radius 1 is 1.50 bits per heavy atom. The van der Waals surface area contributed by atoms with Crippen molar-refractivity contribution >= 4 is 23.0 Å². The van der Waals surface area contributed by atoms with Gasteiger partial charge >= 0.3 is 0 Å². The largest absolute Gasteiger partial charge is 0.295 e. The number of carbonyl (C=O) groups excluding carboxylic acids is 1. The Hall–Kier alpha value is -1.90. The van der Waals surface area contributed by atoms with Crippen molar-refractivity contribution in [1.82, 2.24) is 9.55 Å². The molecule has 0 saturated heterocycles. The van der Waals surface area contributed by atoms with Crippen LogP contribution in [-0.4, -0.2) is 15.8 Å². The van der Waals surface area contributed by atoms with Gasteiger partial charge in [-0.25, -0.2) is 4.98 Å². The molecule has 0 bridgehead atoms. The first kappa shape index (κ1) is 8.69. The van der Waals surface area contributed by atoms with Crippen LogP contribution in [-0.2, 0) is 0 Å². The molecule has 0 atom stereocenters. The standard InChI is InChI=1S/C11H10N2O/c1-8(2)13-10-6-4-3-5-9(10)12-11(13)7-14/h3-7H,1H2,2H3. The summed E-state index contributed by atoms with van der Waals surface area (Å²) in [6.07, 6.45) is 0.745. The van der Waals surface area contributed by atoms with E-state index in [1.54, 1.807) is 4.57 Å². The van der Waals surface area contributed by atoms with E-state index in [9.17, 15) is 4.79 Å². The van der Waals surface area contributed by atoms with Crippen molar-refractivity contribution < 1.29 is 4.79 Å². The van der Waals surface area contributed by atoms with Crippen LogP contribution < -0.4 is 0 Å². The maximum absolute atomic E-state index is 10.8. The fourth-order valence-corrected chi connectivity index (χ4v) is 1.52. The topological polar surface area (TPSA) is 34.9 Å². The Balaban J connectivity index is 2.87. The molecule has 1 heterocycles. The molecule has 3 heteroatoms. The number of para-hydroxylation sites is 2. The van der Waals surface area contributed by atoms with E-state index in [1.807, 2.05) is 31.2 Å². The summed E-state index contributed by atoms with van der Waals surface area (Å²) < 4.78 is 1.75. The number of hydrogen-bond acceptors (Lipinski definition) is 2. The highest BCUT2D eigenvalue weighted by molar-refractivity contribution is 5.86. The highest BCUT2D eigenvalue weighted by atomic mass is 16.1. The van der Waals surface area contributed by atoms with Gasteiger partial charge in [-0.3, -0.25) is 9.36 Å². The highest BCUT2D eigenvalue weighted by Crippen LogP contribution is 2.18. The second-order valence-corrected chi connectivity index (χ2v) is 3.15. The number of hydrogen-bond donors (Lipinski definition) is 0. The summed E-state index contributed by atoms with van der Waals surface area (Å²) in [6.45, 7) is 5.67. The van der Waals surface area contributed by atoms with Crippen LogP contribution in [0.4, 0.5) is 0 Å². The third-order valence-electron chi connectivity index (χ3n) is 2.07. The van der Waals surface area contributed by atoms with Gasteiger partial charge in [-0.1, -0.05) is 18.7 Å². The minimum atomic E-state index is 0.402. The molecule has 0 spiro atoms. The Bertz CT molecular complexity index is 511. The molecule has 0 N–H and O–H groups in total. The molecule has 2 rings (SSSR count). The normalized spacial score (nSPS) is 10.4. The Morgan fingerprint density at radius 2 is 2.21 bits per heavy atom. The van der Waals surface area contributed by atoms with Gasteiger partial charge in [0.1, 0.15) is 0 Å². The predicted molar refractivity (Wildman–Crippen MR) is 56.1 cm³/mol. The van der Waals surface area contributed by atoms with Crippen LogP contribution in [0.3, 0.4) is 0 Å². The molecule has 3 nitrogen and oxygen atoms in total. The van der Waals surface area contributed by atoms with Crippen molar-refractivity contribution in [3.8, 4) is 0 Å². The van der Waals surface area contributed by atoms with Gasteiger partial charge in [0.05, 0.1) is 11.0 Å². The predicted octanol–water partition coefficient (Wildman–Crippen LogP) is 2.34. The summed E-state index contributed by atoms with van der Waals surface area (Å²) >= 11 is 0. The molecule has 0 fully saturated rings. The van der Waals surface area contributed by atoms with Crippen LogP contribution in [0.25, 0.3) is 16.7 Å². The maximum atomic E-state index is 10.8. The lowest BCUT2D eigenvalue weighted by atomic mass is 10.3. The lowest BCUT2D eigenvalue weighted by Crippen LogP contribution is -1.98. The fourth-order valence-electron chi connectivity index (χ4n) is 1.52. The summed E-state index contributed by atoms with van der Waals surface area (Å²) in [5.41, 5.74) is 2.53. The quantitative estimate of drug-likeness (QED) is 0.675. The number of aromatic nitrogens is 2. The Kier molecular flexibility index (Phi) is 1.93. The minimum absolute atomic E-state index is 0.402. The van der Waals surface area contributed by atoms with E-state index in [0.717, 1.165) is 23.0 Å². The van der Waals surface area contributed by atoms with Gasteiger partial charge in [0.15, 0.2) is 12.1 Å². The van der Waals surface area contributed by atoms with Gasteiger partial charge in [-0.2, -0.15) is 0 Å². The molecule has 0 radical (unpaired) electrons. The molecule has 14 heavy (non-hydrogen) atoms. The summed E-state index contributed by atoms with van der Waals surface area (Å²) in [7, 11) is 0. The van der Waals surface area contributed by atoms with Crippen LogP contribution in [0.15, 0.2) is 30.8 Å².